The summed E-state index contributed by atoms with van der Waals surface area (Å²) in [5, 5.41) is 5.66. The van der Waals surface area contributed by atoms with Crippen molar-refractivity contribution in [3.8, 4) is 0 Å². The van der Waals surface area contributed by atoms with Crippen molar-refractivity contribution in [2.75, 3.05) is 37.6 Å². The topological polar surface area (TPSA) is 91.6 Å². The second-order valence-corrected chi connectivity index (χ2v) is 6.96. The standard InChI is InChI=1S/C15H25N5O2S.2ClH/c1-10(2)13(16)14(22)17-8-12(21)19-4-6-20(7-5-19)15-18-11(3)9-23-15;;/h9-10,13H,4-8,16H2,1-3H3,(H,17,22);2*1H/t13-;;/m0../s1. The summed E-state index contributed by atoms with van der Waals surface area (Å²) in [6.07, 6.45) is 0. The van der Waals surface area contributed by atoms with E-state index in [1.807, 2.05) is 26.2 Å². The van der Waals surface area contributed by atoms with Crippen molar-refractivity contribution in [3.05, 3.63) is 11.1 Å². The number of rotatable bonds is 5. The van der Waals surface area contributed by atoms with Crippen molar-refractivity contribution in [3.63, 3.8) is 0 Å². The van der Waals surface area contributed by atoms with Crippen molar-refractivity contribution < 1.29 is 9.59 Å². The number of nitrogens with one attached hydrogen (secondary N) is 1. The van der Waals surface area contributed by atoms with Crippen LogP contribution in [0.15, 0.2) is 5.38 Å². The number of halogens is 2. The first-order valence-electron chi connectivity index (χ1n) is 7.86. The molecule has 2 heterocycles. The Balaban J connectivity index is 0.00000288. The van der Waals surface area contributed by atoms with E-state index in [0.717, 1.165) is 23.9 Å². The smallest absolute Gasteiger partial charge is 0.242 e. The Bertz CT molecular complexity index is 562. The highest BCUT2D eigenvalue weighted by Crippen LogP contribution is 2.21. The van der Waals surface area contributed by atoms with Crippen molar-refractivity contribution in [1.82, 2.24) is 15.2 Å². The summed E-state index contributed by atoms with van der Waals surface area (Å²) in [4.78, 5) is 32.4. The molecule has 0 bridgehead atoms. The average molecular weight is 412 g/mol. The number of amides is 2. The lowest BCUT2D eigenvalue weighted by molar-refractivity contribution is -0.133. The third kappa shape index (κ3) is 6.62. The molecule has 3 N–H and O–H groups in total. The van der Waals surface area contributed by atoms with E-state index >= 15 is 0 Å². The van der Waals surface area contributed by atoms with Crippen molar-refractivity contribution in [1.29, 1.82) is 0 Å². The molecule has 1 atom stereocenters. The van der Waals surface area contributed by atoms with E-state index in [9.17, 15) is 9.59 Å². The van der Waals surface area contributed by atoms with Crippen molar-refractivity contribution >= 4 is 53.1 Å². The summed E-state index contributed by atoms with van der Waals surface area (Å²) < 4.78 is 0. The third-order valence-electron chi connectivity index (χ3n) is 3.94. The summed E-state index contributed by atoms with van der Waals surface area (Å²) in [6.45, 7) is 8.56. The fourth-order valence-corrected chi connectivity index (χ4v) is 3.19. The molecule has 7 nitrogen and oxygen atoms in total. The number of aryl methyl sites for hydroxylation is 1. The van der Waals surface area contributed by atoms with Gasteiger partial charge in [0, 0.05) is 31.6 Å². The predicted molar refractivity (Wildman–Crippen MR) is 106 cm³/mol. The summed E-state index contributed by atoms with van der Waals surface area (Å²) in [6, 6.07) is -0.576. The second kappa shape index (κ2) is 10.8. The molecule has 0 spiro atoms. The van der Waals surface area contributed by atoms with Crippen LogP contribution in [0.5, 0.6) is 0 Å². The Morgan fingerprint density at radius 2 is 1.88 bits per heavy atom. The highest BCUT2D eigenvalue weighted by atomic mass is 35.5. The number of anilines is 1. The molecule has 1 saturated heterocycles. The molecule has 0 aromatic carbocycles. The lowest BCUT2D eigenvalue weighted by atomic mass is 10.1. The molecule has 2 amide bonds. The maximum atomic E-state index is 12.2. The summed E-state index contributed by atoms with van der Waals surface area (Å²) >= 11 is 1.63. The first kappa shape index (κ1) is 23.9. The number of hydrogen-bond acceptors (Lipinski definition) is 6. The molecule has 0 aliphatic carbocycles. The quantitative estimate of drug-likeness (QED) is 0.754. The molecular formula is C15H27Cl2N5O2S. The van der Waals surface area contributed by atoms with Crippen LogP contribution in [-0.4, -0.2) is 60.5 Å². The van der Waals surface area contributed by atoms with E-state index in [1.165, 1.54) is 0 Å². The molecule has 1 aromatic heterocycles. The Labute approximate surface area is 165 Å². The van der Waals surface area contributed by atoms with E-state index < -0.39 is 6.04 Å². The Hall–Kier alpha value is -1.09. The molecule has 1 aliphatic rings. The summed E-state index contributed by atoms with van der Waals surface area (Å²) in [7, 11) is 0. The van der Waals surface area contributed by atoms with E-state index in [4.69, 9.17) is 5.73 Å². The number of nitrogens with two attached hydrogens (primary N) is 1. The largest absolute Gasteiger partial charge is 0.346 e. The van der Waals surface area contributed by atoms with Gasteiger partial charge in [-0.1, -0.05) is 13.8 Å². The van der Waals surface area contributed by atoms with Gasteiger partial charge in [0.05, 0.1) is 18.3 Å². The van der Waals surface area contributed by atoms with Gasteiger partial charge in [0.1, 0.15) is 0 Å². The number of nitrogens with zero attached hydrogens (tertiary/aromatic N) is 3. The Morgan fingerprint density at radius 3 is 2.36 bits per heavy atom. The molecule has 2 rings (SSSR count). The third-order valence-corrected chi connectivity index (χ3v) is 4.96. The van der Waals surface area contributed by atoms with E-state index in [2.05, 4.69) is 15.2 Å². The van der Waals surface area contributed by atoms with Crippen LogP contribution in [0, 0.1) is 12.8 Å². The molecule has 25 heavy (non-hydrogen) atoms. The highest BCUT2D eigenvalue weighted by molar-refractivity contribution is 7.13. The fourth-order valence-electron chi connectivity index (χ4n) is 2.33. The van der Waals surface area contributed by atoms with Crippen LogP contribution < -0.4 is 16.0 Å². The van der Waals surface area contributed by atoms with E-state index in [-0.39, 0.29) is 49.1 Å². The summed E-state index contributed by atoms with van der Waals surface area (Å²) in [5.74, 6) is -0.287. The van der Waals surface area contributed by atoms with Crippen LogP contribution in [0.3, 0.4) is 0 Å². The molecule has 144 valence electrons. The maximum Gasteiger partial charge on any atom is 0.242 e. The van der Waals surface area contributed by atoms with Crippen LogP contribution in [0.2, 0.25) is 0 Å². The normalized spacial score (nSPS) is 15.2. The van der Waals surface area contributed by atoms with Gasteiger partial charge in [0.2, 0.25) is 11.8 Å². The van der Waals surface area contributed by atoms with Gasteiger partial charge < -0.3 is 20.9 Å². The zero-order chi connectivity index (χ0) is 17.0. The minimum absolute atomic E-state index is 0. The number of aromatic nitrogens is 1. The van der Waals surface area contributed by atoms with Gasteiger partial charge >= 0.3 is 0 Å². The second-order valence-electron chi connectivity index (χ2n) is 6.13. The van der Waals surface area contributed by atoms with Crippen molar-refractivity contribution in [2.24, 2.45) is 11.7 Å². The van der Waals surface area contributed by atoms with Crippen LogP contribution in [0.25, 0.3) is 0 Å². The Morgan fingerprint density at radius 1 is 1.28 bits per heavy atom. The number of thiazole rings is 1. The maximum absolute atomic E-state index is 12.2. The number of carbonyl (C=O) groups excluding carboxylic acids is 2. The minimum Gasteiger partial charge on any atom is -0.346 e. The predicted octanol–water partition coefficient (Wildman–Crippen LogP) is 1.04. The lowest BCUT2D eigenvalue weighted by Crippen LogP contribution is -2.52. The monoisotopic (exact) mass is 411 g/mol. The Kier molecular flexibility index (Phi) is 10.3. The van der Waals surface area contributed by atoms with Gasteiger partial charge in [0.15, 0.2) is 5.13 Å². The van der Waals surface area contributed by atoms with Gasteiger partial charge in [-0.3, -0.25) is 9.59 Å². The van der Waals surface area contributed by atoms with Gasteiger partial charge in [-0.25, -0.2) is 4.98 Å². The first-order valence-corrected chi connectivity index (χ1v) is 8.74. The van der Waals surface area contributed by atoms with Crippen molar-refractivity contribution in [2.45, 2.75) is 26.8 Å². The van der Waals surface area contributed by atoms with Gasteiger partial charge in [-0.2, -0.15) is 0 Å². The zero-order valence-electron chi connectivity index (χ0n) is 14.7. The SMILES string of the molecule is Cc1csc(N2CCN(C(=O)CNC(=O)[C@@H](N)C(C)C)CC2)n1.Cl.Cl. The highest BCUT2D eigenvalue weighted by Gasteiger charge is 2.24. The summed E-state index contributed by atoms with van der Waals surface area (Å²) in [5.41, 5.74) is 6.78. The molecule has 0 radical (unpaired) electrons. The van der Waals surface area contributed by atoms with Crippen LogP contribution in [-0.2, 0) is 9.59 Å². The average Bonchev–Trinajstić information content (AvgIpc) is 2.98. The van der Waals surface area contributed by atoms with Crippen LogP contribution >= 0.6 is 36.2 Å². The molecule has 1 aromatic rings. The van der Waals surface area contributed by atoms with Gasteiger partial charge in [0.25, 0.3) is 0 Å². The molecule has 0 unspecified atom stereocenters. The lowest BCUT2D eigenvalue weighted by Gasteiger charge is -2.34. The molecular weight excluding hydrogens is 385 g/mol. The molecule has 1 aliphatic heterocycles. The van der Waals surface area contributed by atoms with Crippen LogP contribution in [0.4, 0.5) is 5.13 Å². The fraction of sp³-hybridized carbons (Fsp3) is 0.667. The number of hydrogen-bond donors (Lipinski definition) is 2. The molecule has 0 saturated carbocycles. The van der Waals surface area contributed by atoms with E-state index in [1.54, 1.807) is 16.2 Å². The van der Waals surface area contributed by atoms with Crippen LogP contribution in [0.1, 0.15) is 19.5 Å². The minimum atomic E-state index is -0.576. The number of piperazine rings is 1. The van der Waals surface area contributed by atoms with Gasteiger partial charge in [-0.05, 0) is 12.8 Å². The van der Waals surface area contributed by atoms with Gasteiger partial charge in [-0.15, -0.1) is 36.2 Å². The van der Waals surface area contributed by atoms with E-state index in [0.29, 0.717) is 13.1 Å². The zero-order valence-corrected chi connectivity index (χ0v) is 17.2. The molecule has 10 heteroatoms. The number of carbonyl (C=O) groups is 2. The molecule has 1 fully saturated rings. The first-order chi connectivity index (χ1) is 10.9.